The van der Waals surface area contributed by atoms with Crippen molar-refractivity contribution in [2.24, 2.45) is 0 Å². The summed E-state index contributed by atoms with van der Waals surface area (Å²) in [7, 11) is 0. The molecule has 1 N–H and O–H groups in total. The lowest BCUT2D eigenvalue weighted by atomic mass is 10.1. The quantitative estimate of drug-likeness (QED) is 0.869. The van der Waals surface area contributed by atoms with E-state index in [4.69, 9.17) is 5.11 Å². The van der Waals surface area contributed by atoms with Crippen molar-refractivity contribution in [3.05, 3.63) is 34.9 Å². The molecule has 0 radical (unpaired) electrons. The summed E-state index contributed by atoms with van der Waals surface area (Å²) in [5.74, 6) is -0.785. The number of rotatable bonds is 3. The van der Waals surface area contributed by atoms with Crippen LogP contribution in [0.1, 0.15) is 41.3 Å². The lowest BCUT2D eigenvalue weighted by Crippen LogP contribution is -2.24. The number of hydrogen-bond donors (Lipinski definition) is 1. The van der Waals surface area contributed by atoms with Crippen molar-refractivity contribution in [3.8, 4) is 0 Å². The Kier molecular flexibility index (Phi) is 3.13. The average molecular weight is 233 g/mol. The number of aromatic carboxylic acids is 1. The summed E-state index contributed by atoms with van der Waals surface area (Å²) in [4.78, 5) is 24.4. The first kappa shape index (κ1) is 11.6. The van der Waals surface area contributed by atoms with Crippen LogP contribution < -0.4 is 0 Å². The fraction of sp³-hybridized carbons (Fsp3) is 0.385. The van der Waals surface area contributed by atoms with Gasteiger partial charge in [-0.05, 0) is 29.7 Å². The van der Waals surface area contributed by atoms with E-state index in [9.17, 15) is 9.59 Å². The maximum Gasteiger partial charge on any atom is 0.335 e. The second kappa shape index (κ2) is 4.57. The number of carboxylic acid groups (broad SMARTS) is 1. The van der Waals surface area contributed by atoms with E-state index in [1.54, 1.807) is 23.1 Å². The zero-order chi connectivity index (χ0) is 12.4. The molecule has 0 aromatic heterocycles. The largest absolute Gasteiger partial charge is 0.478 e. The van der Waals surface area contributed by atoms with Gasteiger partial charge >= 0.3 is 5.97 Å². The van der Waals surface area contributed by atoms with Gasteiger partial charge in [-0.15, -0.1) is 0 Å². The summed E-state index contributed by atoms with van der Waals surface area (Å²) in [6.07, 6.45) is 1.39. The molecule has 1 aliphatic rings. The summed E-state index contributed by atoms with van der Waals surface area (Å²) in [6, 6.07) is 5.06. The molecule has 1 aromatic rings. The Bertz CT molecular complexity index is 468. The molecule has 4 heteroatoms. The first-order chi connectivity index (χ1) is 8.11. The first-order valence-electron chi connectivity index (χ1n) is 5.74. The molecule has 1 amide bonds. The predicted molar refractivity (Wildman–Crippen MR) is 62.6 cm³/mol. The topological polar surface area (TPSA) is 57.6 Å². The Morgan fingerprint density at radius 2 is 2.00 bits per heavy atom. The molecular formula is C13H15NO3. The normalized spacial score (nSPS) is 13.6. The second-order valence-corrected chi connectivity index (χ2v) is 4.29. The third kappa shape index (κ3) is 2.30. The zero-order valence-electron chi connectivity index (χ0n) is 9.77. The molecule has 1 aliphatic heterocycles. The first-order valence-corrected chi connectivity index (χ1v) is 5.74. The maximum atomic E-state index is 11.7. The highest BCUT2D eigenvalue weighted by Crippen LogP contribution is 2.24. The molecular weight excluding hydrogens is 218 g/mol. The monoisotopic (exact) mass is 233 g/mol. The van der Waals surface area contributed by atoms with Gasteiger partial charge in [0.1, 0.15) is 0 Å². The van der Waals surface area contributed by atoms with Crippen molar-refractivity contribution in [1.82, 2.24) is 4.90 Å². The molecule has 0 aliphatic carbocycles. The Hall–Kier alpha value is -1.84. The van der Waals surface area contributed by atoms with Gasteiger partial charge < -0.3 is 10.0 Å². The smallest absolute Gasteiger partial charge is 0.335 e. The number of amides is 1. The van der Waals surface area contributed by atoms with Gasteiger partial charge in [-0.25, -0.2) is 4.79 Å². The number of carbonyl (C=O) groups is 2. The third-order valence-electron chi connectivity index (χ3n) is 2.99. The summed E-state index contributed by atoms with van der Waals surface area (Å²) >= 11 is 0. The lowest BCUT2D eigenvalue weighted by Gasteiger charge is -2.14. The van der Waals surface area contributed by atoms with Crippen LogP contribution in [0.3, 0.4) is 0 Å². The molecule has 4 nitrogen and oxygen atoms in total. The fourth-order valence-electron chi connectivity index (χ4n) is 2.08. The van der Waals surface area contributed by atoms with Crippen molar-refractivity contribution in [2.75, 3.05) is 0 Å². The molecule has 1 aromatic carbocycles. The van der Waals surface area contributed by atoms with E-state index in [1.165, 1.54) is 0 Å². The zero-order valence-corrected chi connectivity index (χ0v) is 9.77. The molecule has 0 unspecified atom stereocenters. The van der Waals surface area contributed by atoms with Crippen LogP contribution in [0.2, 0.25) is 0 Å². The highest BCUT2D eigenvalue weighted by atomic mass is 16.4. The summed E-state index contributed by atoms with van der Waals surface area (Å²) < 4.78 is 0. The minimum atomic E-state index is -0.925. The number of hydrogen-bond acceptors (Lipinski definition) is 2. The van der Waals surface area contributed by atoms with Gasteiger partial charge in [-0.2, -0.15) is 0 Å². The van der Waals surface area contributed by atoms with E-state index >= 15 is 0 Å². The second-order valence-electron chi connectivity index (χ2n) is 4.29. The molecule has 0 saturated heterocycles. The molecule has 2 rings (SSSR count). The van der Waals surface area contributed by atoms with Crippen LogP contribution in [0.15, 0.2) is 18.2 Å². The molecule has 0 saturated carbocycles. The Morgan fingerprint density at radius 3 is 2.65 bits per heavy atom. The number of carbonyl (C=O) groups excluding carboxylic acids is 1. The highest BCUT2D eigenvalue weighted by molar-refractivity contribution is 5.88. The van der Waals surface area contributed by atoms with Gasteiger partial charge in [0.2, 0.25) is 5.91 Å². The maximum absolute atomic E-state index is 11.7. The lowest BCUT2D eigenvalue weighted by molar-refractivity contribution is -0.131. The molecule has 17 heavy (non-hydrogen) atoms. The SMILES string of the molecule is CCCC(=O)N1Cc2ccc(C(=O)O)cc2C1. The van der Waals surface area contributed by atoms with Crippen molar-refractivity contribution < 1.29 is 14.7 Å². The molecule has 90 valence electrons. The van der Waals surface area contributed by atoms with Crippen LogP contribution in [0.4, 0.5) is 0 Å². The fourth-order valence-corrected chi connectivity index (χ4v) is 2.08. The number of fused-ring (bicyclic) bond motifs is 1. The van der Waals surface area contributed by atoms with E-state index in [1.807, 2.05) is 6.92 Å². The van der Waals surface area contributed by atoms with Crippen LogP contribution in [-0.4, -0.2) is 21.9 Å². The average Bonchev–Trinajstić information content (AvgIpc) is 2.71. The number of nitrogens with zero attached hydrogens (tertiary/aromatic N) is 1. The van der Waals surface area contributed by atoms with Gasteiger partial charge in [0.25, 0.3) is 0 Å². The standard InChI is InChI=1S/C13H15NO3/c1-2-3-12(15)14-7-10-5-4-9(13(16)17)6-11(10)8-14/h4-6H,2-3,7-8H2,1H3,(H,16,17). The predicted octanol–water partition coefficient (Wildman–Crippen LogP) is 2.03. The minimum absolute atomic E-state index is 0.139. The number of carboxylic acids is 1. The van der Waals surface area contributed by atoms with Crippen LogP contribution >= 0.6 is 0 Å². The summed E-state index contributed by atoms with van der Waals surface area (Å²) in [5, 5.41) is 8.89. The van der Waals surface area contributed by atoms with Gasteiger partial charge in [-0.1, -0.05) is 13.0 Å². The van der Waals surface area contributed by atoms with Gasteiger partial charge in [0, 0.05) is 19.5 Å². The van der Waals surface area contributed by atoms with Crippen LogP contribution in [0.5, 0.6) is 0 Å². The van der Waals surface area contributed by atoms with E-state index < -0.39 is 5.97 Å². The molecule has 0 spiro atoms. The third-order valence-corrected chi connectivity index (χ3v) is 2.99. The van der Waals surface area contributed by atoms with E-state index in [0.29, 0.717) is 19.5 Å². The van der Waals surface area contributed by atoms with E-state index in [2.05, 4.69) is 0 Å². The van der Waals surface area contributed by atoms with Gasteiger partial charge in [-0.3, -0.25) is 4.79 Å². The van der Waals surface area contributed by atoms with Gasteiger partial charge in [0.15, 0.2) is 0 Å². The van der Waals surface area contributed by atoms with Gasteiger partial charge in [0.05, 0.1) is 5.56 Å². The molecule has 1 heterocycles. The van der Waals surface area contributed by atoms with Crippen LogP contribution in [0, 0.1) is 0 Å². The molecule has 0 fully saturated rings. The van der Waals surface area contributed by atoms with Crippen LogP contribution in [0.25, 0.3) is 0 Å². The van der Waals surface area contributed by atoms with Crippen molar-refractivity contribution >= 4 is 11.9 Å². The highest BCUT2D eigenvalue weighted by Gasteiger charge is 2.23. The Balaban J connectivity index is 2.16. The minimum Gasteiger partial charge on any atom is -0.478 e. The Labute approximate surface area is 99.9 Å². The summed E-state index contributed by atoms with van der Waals surface area (Å²) in [6.45, 7) is 3.12. The van der Waals surface area contributed by atoms with Crippen molar-refractivity contribution in [2.45, 2.75) is 32.9 Å². The van der Waals surface area contributed by atoms with Crippen molar-refractivity contribution in [1.29, 1.82) is 0 Å². The molecule has 0 atom stereocenters. The Morgan fingerprint density at radius 1 is 1.29 bits per heavy atom. The molecule has 0 bridgehead atoms. The summed E-state index contributed by atoms with van der Waals surface area (Å²) in [5.41, 5.74) is 2.29. The van der Waals surface area contributed by atoms with Crippen molar-refractivity contribution in [3.63, 3.8) is 0 Å². The number of benzene rings is 1. The van der Waals surface area contributed by atoms with E-state index in [-0.39, 0.29) is 11.5 Å². The van der Waals surface area contributed by atoms with Crippen LogP contribution in [-0.2, 0) is 17.9 Å². The van der Waals surface area contributed by atoms with E-state index in [0.717, 1.165) is 17.5 Å².